The van der Waals surface area contributed by atoms with Crippen molar-refractivity contribution in [3.63, 3.8) is 0 Å². The van der Waals surface area contributed by atoms with Crippen molar-refractivity contribution in [3.05, 3.63) is 51.0 Å². The third-order valence-corrected chi connectivity index (χ3v) is 6.39. The van der Waals surface area contributed by atoms with Crippen LogP contribution in [0.4, 0.5) is 5.69 Å². The number of methoxy groups -OCH3 is 2. The van der Waals surface area contributed by atoms with E-state index in [1.807, 2.05) is 0 Å². The van der Waals surface area contributed by atoms with E-state index in [0.717, 1.165) is 10.6 Å². The second kappa shape index (κ2) is 11.4. The highest BCUT2D eigenvalue weighted by Gasteiger charge is 2.37. The lowest BCUT2D eigenvalue weighted by atomic mass is 10.1. The van der Waals surface area contributed by atoms with Gasteiger partial charge in [-0.2, -0.15) is 0 Å². The van der Waals surface area contributed by atoms with Crippen LogP contribution in [0.5, 0.6) is 11.5 Å². The van der Waals surface area contributed by atoms with E-state index < -0.39 is 36.2 Å². The van der Waals surface area contributed by atoms with Crippen molar-refractivity contribution in [3.8, 4) is 11.5 Å². The van der Waals surface area contributed by atoms with Crippen LogP contribution in [0.2, 0.25) is 5.02 Å². The number of carbonyl (C=O) groups excluding carboxylic acids is 4. The zero-order chi connectivity index (χ0) is 25.7. The van der Waals surface area contributed by atoms with Gasteiger partial charge in [-0.25, -0.2) is 0 Å². The summed E-state index contributed by atoms with van der Waals surface area (Å²) in [7, 11) is 2.90. The number of halogens is 2. The van der Waals surface area contributed by atoms with Crippen LogP contribution in [0.1, 0.15) is 22.3 Å². The Kier molecular flexibility index (Phi) is 8.57. The monoisotopic (exact) mass is 567 g/mol. The Labute approximate surface area is 214 Å². The number of hydrazine groups is 1. The number of aryl methyl sites for hydroxylation is 1. The van der Waals surface area contributed by atoms with Crippen molar-refractivity contribution in [2.24, 2.45) is 5.92 Å². The highest BCUT2D eigenvalue weighted by molar-refractivity contribution is 9.10. The van der Waals surface area contributed by atoms with E-state index in [4.69, 9.17) is 25.8 Å². The summed E-state index contributed by atoms with van der Waals surface area (Å²) in [5, 5.41) is 4.10. The Balaban J connectivity index is 1.54. The number of carbonyl (C=O) groups is 4. The molecule has 0 aromatic heterocycles. The molecule has 10 nitrogen and oxygen atoms in total. The summed E-state index contributed by atoms with van der Waals surface area (Å²) >= 11 is 9.35. The van der Waals surface area contributed by atoms with Crippen LogP contribution in [-0.4, -0.2) is 56.1 Å². The predicted octanol–water partition coefficient (Wildman–Crippen LogP) is 3.10. The first-order valence-electron chi connectivity index (χ1n) is 10.4. The summed E-state index contributed by atoms with van der Waals surface area (Å²) in [6.07, 6.45) is -0.163. The van der Waals surface area contributed by atoms with Gasteiger partial charge in [0.2, 0.25) is 5.91 Å². The summed E-state index contributed by atoms with van der Waals surface area (Å²) in [5.41, 5.74) is 3.94. The molecule has 1 heterocycles. The molecule has 12 heteroatoms. The molecule has 2 aromatic carbocycles. The number of hydrogen-bond donors (Lipinski definition) is 2. The summed E-state index contributed by atoms with van der Waals surface area (Å²) in [4.78, 5) is 49.6. The Morgan fingerprint density at radius 2 is 1.77 bits per heavy atom. The molecule has 0 bridgehead atoms. The molecular formula is C23H23BrClN3O7. The second-order valence-electron chi connectivity index (χ2n) is 7.68. The summed E-state index contributed by atoms with van der Waals surface area (Å²) in [5.74, 6) is -2.34. The molecule has 1 atom stereocenters. The number of ether oxygens (including phenoxy) is 3. The molecule has 3 rings (SSSR count). The average molecular weight is 569 g/mol. The lowest BCUT2D eigenvalue weighted by Gasteiger charge is -2.18. The zero-order valence-corrected chi connectivity index (χ0v) is 21.5. The summed E-state index contributed by atoms with van der Waals surface area (Å²) in [6, 6.07) is 7.91. The lowest BCUT2D eigenvalue weighted by Crippen LogP contribution is -2.43. The van der Waals surface area contributed by atoms with Gasteiger partial charge in [-0.3, -0.25) is 29.6 Å². The van der Waals surface area contributed by atoms with Crippen LogP contribution in [0.15, 0.2) is 34.8 Å². The smallest absolute Gasteiger partial charge is 0.311 e. The Morgan fingerprint density at radius 1 is 1.11 bits per heavy atom. The molecule has 0 spiro atoms. The SMILES string of the molecule is COc1cc(OC)cc(C(=O)NN2C[C@H](C(=O)OCC(=O)Nc3cc(Cl)c(Br)cc3C)CC2=O)c1. The van der Waals surface area contributed by atoms with Gasteiger partial charge in [0, 0.05) is 28.2 Å². The third kappa shape index (κ3) is 6.64. The van der Waals surface area contributed by atoms with E-state index in [-0.39, 0.29) is 18.5 Å². The van der Waals surface area contributed by atoms with Crippen molar-refractivity contribution in [2.75, 3.05) is 32.7 Å². The third-order valence-electron chi connectivity index (χ3n) is 5.20. The van der Waals surface area contributed by atoms with Gasteiger partial charge in [-0.1, -0.05) is 11.6 Å². The van der Waals surface area contributed by atoms with Gasteiger partial charge in [0.05, 0.1) is 31.7 Å². The van der Waals surface area contributed by atoms with Gasteiger partial charge in [-0.15, -0.1) is 0 Å². The quantitative estimate of drug-likeness (QED) is 0.469. The fourth-order valence-corrected chi connectivity index (χ4v) is 3.94. The van der Waals surface area contributed by atoms with Crippen molar-refractivity contribution in [1.82, 2.24) is 10.4 Å². The number of hydrogen-bond acceptors (Lipinski definition) is 7. The molecule has 0 radical (unpaired) electrons. The maximum atomic E-state index is 12.6. The van der Waals surface area contributed by atoms with Gasteiger partial charge < -0.3 is 19.5 Å². The Hall–Kier alpha value is -3.31. The number of amides is 3. The summed E-state index contributed by atoms with van der Waals surface area (Å²) in [6.45, 7) is 1.16. The first-order chi connectivity index (χ1) is 16.6. The number of esters is 1. The molecular weight excluding hydrogens is 546 g/mol. The van der Waals surface area contributed by atoms with Crippen molar-refractivity contribution < 1.29 is 33.4 Å². The number of anilines is 1. The molecule has 35 heavy (non-hydrogen) atoms. The van der Waals surface area contributed by atoms with E-state index in [1.54, 1.807) is 25.1 Å². The van der Waals surface area contributed by atoms with Gasteiger partial charge in [0.1, 0.15) is 11.5 Å². The van der Waals surface area contributed by atoms with Gasteiger partial charge in [-0.05, 0) is 52.7 Å². The van der Waals surface area contributed by atoms with Crippen LogP contribution >= 0.6 is 27.5 Å². The molecule has 1 aliphatic rings. The van der Waals surface area contributed by atoms with E-state index in [2.05, 4.69) is 26.7 Å². The van der Waals surface area contributed by atoms with E-state index >= 15 is 0 Å². The minimum atomic E-state index is -0.834. The van der Waals surface area contributed by atoms with Crippen molar-refractivity contribution in [2.45, 2.75) is 13.3 Å². The van der Waals surface area contributed by atoms with Crippen molar-refractivity contribution in [1.29, 1.82) is 0 Å². The predicted molar refractivity (Wildman–Crippen MR) is 130 cm³/mol. The van der Waals surface area contributed by atoms with Gasteiger partial charge >= 0.3 is 5.97 Å². The van der Waals surface area contributed by atoms with Crippen molar-refractivity contribution >= 4 is 56.9 Å². The lowest BCUT2D eigenvalue weighted by molar-refractivity contribution is -0.151. The van der Waals surface area contributed by atoms with Crippen LogP contribution in [0.25, 0.3) is 0 Å². The maximum Gasteiger partial charge on any atom is 0.311 e. The minimum absolute atomic E-state index is 0.0897. The molecule has 3 amide bonds. The zero-order valence-electron chi connectivity index (χ0n) is 19.1. The molecule has 1 saturated heterocycles. The second-order valence-corrected chi connectivity index (χ2v) is 8.95. The number of rotatable bonds is 8. The molecule has 2 aromatic rings. The molecule has 0 saturated carbocycles. The Morgan fingerprint density at radius 3 is 2.40 bits per heavy atom. The number of nitrogens with zero attached hydrogens (tertiary/aromatic N) is 1. The van der Waals surface area contributed by atoms with E-state index in [9.17, 15) is 19.2 Å². The molecule has 186 valence electrons. The molecule has 2 N–H and O–H groups in total. The summed E-state index contributed by atoms with van der Waals surface area (Å²) < 4.78 is 16.1. The standard InChI is InChI=1S/C23H23BrClN3O7/c1-12-4-17(24)18(25)9-19(12)26-20(29)11-35-23(32)14-7-21(30)28(10-14)27-22(31)13-5-15(33-2)8-16(6-13)34-3/h4-6,8-9,14H,7,10-11H2,1-3H3,(H,26,29)(H,27,31)/t14-/m1/s1. The Bertz CT molecular complexity index is 1150. The first-order valence-corrected chi connectivity index (χ1v) is 11.5. The molecule has 0 aliphatic carbocycles. The van der Waals surface area contributed by atoms with Crippen LogP contribution in [0.3, 0.4) is 0 Å². The van der Waals surface area contributed by atoms with Crippen LogP contribution < -0.4 is 20.2 Å². The van der Waals surface area contributed by atoms with E-state index in [0.29, 0.717) is 26.7 Å². The highest BCUT2D eigenvalue weighted by atomic mass is 79.9. The fraction of sp³-hybridized carbons (Fsp3) is 0.304. The van der Waals surface area contributed by atoms with Crippen LogP contribution in [0, 0.1) is 12.8 Å². The largest absolute Gasteiger partial charge is 0.497 e. The number of nitrogens with one attached hydrogen (secondary N) is 2. The molecule has 0 unspecified atom stereocenters. The van der Waals surface area contributed by atoms with Gasteiger partial charge in [0.25, 0.3) is 11.8 Å². The van der Waals surface area contributed by atoms with Crippen LogP contribution in [-0.2, 0) is 19.1 Å². The average Bonchev–Trinajstić information content (AvgIpc) is 3.20. The number of benzene rings is 2. The van der Waals surface area contributed by atoms with Gasteiger partial charge in [0.15, 0.2) is 6.61 Å². The normalized spacial score (nSPS) is 14.9. The fourth-order valence-electron chi connectivity index (χ4n) is 3.32. The first kappa shape index (κ1) is 26.3. The minimum Gasteiger partial charge on any atom is -0.497 e. The highest BCUT2D eigenvalue weighted by Crippen LogP contribution is 2.29. The topological polar surface area (TPSA) is 123 Å². The molecule has 1 aliphatic heterocycles. The van der Waals surface area contributed by atoms with E-state index in [1.165, 1.54) is 26.4 Å². The maximum absolute atomic E-state index is 12.6. The molecule has 1 fully saturated rings.